The lowest BCUT2D eigenvalue weighted by molar-refractivity contribution is -0.113. The van der Waals surface area contributed by atoms with Crippen molar-refractivity contribution in [1.29, 1.82) is 0 Å². The van der Waals surface area contributed by atoms with Crippen molar-refractivity contribution in [1.82, 2.24) is 19.7 Å². The van der Waals surface area contributed by atoms with Crippen LogP contribution in [0.5, 0.6) is 0 Å². The Morgan fingerprint density at radius 1 is 1.14 bits per heavy atom. The van der Waals surface area contributed by atoms with Crippen LogP contribution in [0, 0.1) is 0 Å². The van der Waals surface area contributed by atoms with E-state index in [9.17, 15) is 9.59 Å². The Bertz CT molecular complexity index is 1170. The van der Waals surface area contributed by atoms with Gasteiger partial charge >= 0.3 is 5.97 Å². The molecule has 1 aliphatic heterocycles. The summed E-state index contributed by atoms with van der Waals surface area (Å²) in [5.41, 5.74) is 1.59. The van der Waals surface area contributed by atoms with E-state index in [-0.39, 0.29) is 28.9 Å². The first-order chi connectivity index (χ1) is 17.0. The topological polar surface area (TPSA) is 98.6 Å². The molecule has 2 aromatic carbocycles. The highest BCUT2D eigenvalue weighted by atomic mass is 35.5. The molecule has 1 fully saturated rings. The quantitative estimate of drug-likeness (QED) is 0.340. The number of amides is 1. The van der Waals surface area contributed by atoms with E-state index < -0.39 is 5.97 Å². The number of aromatic nitrogens is 3. The summed E-state index contributed by atoms with van der Waals surface area (Å²) in [6.07, 6.45) is 0. The molecule has 11 heteroatoms. The van der Waals surface area contributed by atoms with Crippen molar-refractivity contribution in [3.63, 3.8) is 0 Å². The Kier molecular flexibility index (Phi) is 8.75. The van der Waals surface area contributed by atoms with Gasteiger partial charge in [0.1, 0.15) is 0 Å². The minimum Gasteiger partial charge on any atom is -0.462 e. The number of para-hydroxylation sites is 1. The number of hydrogen-bond donors (Lipinski definition) is 1. The Hall–Kier alpha value is -2.92. The zero-order chi connectivity index (χ0) is 24.6. The van der Waals surface area contributed by atoms with Crippen LogP contribution in [0.2, 0.25) is 5.02 Å². The molecule has 1 aliphatic rings. The third kappa shape index (κ3) is 6.61. The molecule has 0 unspecified atom stereocenters. The lowest BCUT2D eigenvalue weighted by Crippen LogP contribution is -2.36. The average molecular weight is 516 g/mol. The molecule has 0 spiro atoms. The highest BCUT2D eigenvalue weighted by Gasteiger charge is 2.20. The molecule has 0 bridgehead atoms. The van der Waals surface area contributed by atoms with Crippen LogP contribution in [0.15, 0.2) is 53.7 Å². The number of morpholine rings is 1. The number of nitrogens with zero attached hydrogens (tertiary/aromatic N) is 4. The minimum atomic E-state index is -0.535. The number of esters is 1. The van der Waals surface area contributed by atoms with Crippen molar-refractivity contribution in [3.05, 3.63) is 64.9 Å². The summed E-state index contributed by atoms with van der Waals surface area (Å²) >= 11 is 7.40. The molecule has 0 aliphatic carbocycles. The number of rotatable bonds is 9. The van der Waals surface area contributed by atoms with Gasteiger partial charge < -0.3 is 14.8 Å². The lowest BCUT2D eigenvalue weighted by atomic mass is 10.2. The molecule has 1 N–H and O–H groups in total. The number of ether oxygens (including phenoxy) is 2. The van der Waals surface area contributed by atoms with Crippen LogP contribution in [0.4, 0.5) is 5.69 Å². The molecule has 1 amide bonds. The van der Waals surface area contributed by atoms with Crippen LogP contribution in [0.25, 0.3) is 5.69 Å². The highest BCUT2D eigenvalue weighted by Crippen LogP contribution is 2.25. The van der Waals surface area contributed by atoms with Crippen molar-refractivity contribution in [2.45, 2.75) is 18.6 Å². The molecule has 1 saturated heterocycles. The number of carbonyl (C=O) groups excluding carboxylic acids is 2. The normalized spacial score (nSPS) is 14.0. The average Bonchev–Trinajstić information content (AvgIpc) is 3.27. The SMILES string of the molecule is CCOC(=O)c1cc(NC(=O)CSc2nnc(CN3CCOCC3)n2-c2ccccc2)ccc1Cl. The van der Waals surface area contributed by atoms with Gasteiger partial charge in [-0.1, -0.05) is 41.6 Å². The van der Waals surface area contributed by atoms with Gasteiger partial charge in [0.05, 0.1) is 42.7 Å². The van der Waals surface area contributed by atoms with Crippen LogP contribution < -0.4 is 5.32 Å². The molecule has 2 heterocycles. The maximum Gasteiger partial charge on any atom is 0.339 e. The summed E-state index contributed by atoms with van der Waals surface area (Å²) in [4.78, 5) is 27.0. The third-order valence-electron chi connectivity index (χ3n) is 5.26. The predicted octanol–water partition coefficient (Wildman–Crippen LogP) is 3.66. The van der Waals surface area contributed by atoms with E-state index in [0.29, 0.717) is 30.6 Å². The van der Waals surface area contributed by atoms with Crippen molar-refractivity contribution in [3.8, 4) is 5.69 Å². The van der Waals surface area contributed by atoms with Crippen LogP contribution in [-0.2, 0) is 20.8 Å². The zero-order valence-corrected chi connectivity index (χ0v) is 20.8. The van der Waals surface area contributed by atoms with E-state index in [0.717, 1.165) is 24.6 Å². The maximum atomic E-state index is 12.7. The van der Waals surface area contributed by atoms with Crippen LogP contribution in [0.1, 0.15) is 23.1 Å². The zero-order valence-electron chi connectivity index (χ0n) is 19.3. The summed E-state index contributed by atoms with van der Waals surface area (Å²) in [5.74, 6) is 0.133. The van der Waals surface area contributed by atoms with Gasteiger partial charge in [0, 0.05) is 24.5 Å². The molecule has 0 saturated carbocycles. The van der Waals surface area contributed by atoms with E-state index in [2.05, 4.69) is 20.4 Å². The second kappa shape index (κ2) is 12.2. The molecule has 184 valence electrons. The van der Waals surface area contributed by atoms with Gasteiger partial charge in [0.2, 0.25) is 5.91 Å². The molecular weight excluding hydrogens is 490 g/mol. The second-order valence-electron chi connectivity index (χ2n) is 7.71. The Morgan fingerprint density at radius 3 is 2.66 bits per heavy atom. The van der Waals surface area contributed by atoms with E-state index in [1.165, 1.54) is 17.8 Å². The highest BCUT2D eigenvalue weighted by molar-refractivity contribution is 7.99. The van der Waals surface area contributed by atoms with E-state index in [1.54, 1.807) is 19.1 Å². The van der Waals surface area contributed by atoms with Gasteiger partial charge in [-0.05, 0) is 37.3 Å². The van der Waals surface area contributed by atoms with Crippen molar-refractivity contribution < 1.29 is 19.1 Å². The van der Waals surface area contributed by atoms with Gasteiger partial charge in [-0.25, -0.2) is 4.79 Å². The fourth-order valence-corrected chi connectivity index (χ4v) is 4.55. The summed E-state index contributed by atoms with van der Waals surface area (Å²) in [5, 5.41) is 12.5. The van der Waals surface area contributed by atoms with Gasteiger partial charge in [-0.2, -0.15) is 0 Å². The number of hydrogen-bond acceptors (Lipinski definition) is 8. The van der Waals surface area contributed by atoms with Gasteiger partial charge in [-0.15, -0.1) is 10.2 Å². The van der Waals surface area contributed by atoms with Crippen molar-refractivity contribution in [2.24, 2.45) is 0 Å². The number of carbonyl (C=O) groups is 2. The number of nitrogens with one attached hydrogen (secondary N) is 1. The molecule has 35 heavy (non-hydrogen) atoms. The summed E-state index contributed by atoms with van der Waals surface area (Å²) < 4.78 is 12.4. The number of benzene rings is 2. The largest absolute Gasteiger partial charge is 0.462 e. The molecule has 0 radical (unpaired) electrons. The molecule has 9 nitrogen and oxygen atoms in total. The van der Waals surface area contributed by atoms with Gasteiger partial charge in [0.15, 0.2) is 11.0 Å². The molecule has 3 aromatic rings. The smallest absolute Gasteiger partial charge is 0.339 e. The molecule has 4 rings (SSSR count). The van der Waals surface area contributed by atoms with Crippen molar-refractivity contribution >= 4 is 40.9 Å². The summed E-state index contributed by atoms with van der Waals surface area (Å²) in [6, 6.07) is 14.5. The minimum absolute atomic E-state index is 0.111. The Balaban J connectivity index is 1.46. The fourth-order valence-electron chi connectivity index (χ4n) is 3.59. The van der Waals surface area contributed by atoms with E-state index in [1.807, 2.05) is 34.9 Å². The third-order valence-corrected chi connectivity index (χ3v) is 6.52. The van der Waals surface area contributed by atoms with Crippen molar-refractivity contribution in [2.75, 3.05) is 44.0 Å². The number of anilines is 1. The van der Waals surface area contributed by atoms with Gasteiger partial charge in [-0.3, -0.25) is 14.3 Å². The first-order valence-electron chi connectivity index (χ1n) is 11.2. The molecular formula is C24H26ClN5O4S. The standard InChI is InChI=1S/C24H26ClN5O4S/c1-2-34-23(32)19-14-17(8-9-20(19)25)26-22(31)16-35-24-28-27-21(15-29-10-12-33-13-11-29)30(24)18-6-4-3-5-7-18/h3-9,14H,2,10-13,15-16H2,1H3,(H,26,31). The van der Waals surface area contributed by atoms with Gasteiger partial charge in [0.25, 0.3) is 0 Å². The van der Waals surface area contributed by atoms with E-state index in [4.69, 9.17) is 21.1 Å². The van der Waals surface area contributed by atoms with Crippen LogP contribution in [0.3, 0.4) is 0 Å². The maximum absolute atomic E-state index is 12.7. The van der Waals surface area contributed by atoms with Crippen LogP contribution >= 0.6 is 23.4 Å². The first-order valence-corrected chi connectivity index (χ1v) is 12.6. The lowest BCUT2D eigenvalue weighted by Gasteiger charge is -2.26. The van der Waals surface area contributed by atoms with E-state index >= 15 is 0 Å². The number of thioether (sulfide) groups is 1. The Labute approximate surface area is 212 Å². The molecule has 1 aromatic heterocycles. The Morgan fingerprint density at radius 2 is 1.91 bits per heavy atom. The summed E-state index contributed by atoms with van der Waals surface area (Å²) in [6.45, 7) is 5.66. The monoisotopic (exact) mass is 515 g/mol. The second-order valence-corrected chi connectivity index (χ2v) is 9.06. The fraction of sp³-hybridized carbons (Fsp3) is 0.333. The first kappa shape index (κ1) is 25.2. The predicted molar refractivity (Wildman–Crippen MR) is 134 cm³/mol. The summed E-state index contributed by atoms with van der Waals surface area (Å²) in [7, 11) is 0. The van der Waals surface area contributed by atoms with Crippen LogP contribution in [-0.4, -0.2) is 70.2 Å². The number of halogens is 1. The molecule has 0 atom stereocenters.